The standard InChI is InChI=1S/C19H24Cl2N6O3/c1-19(2,3)30-18(29)26-7-8-27(11(9-26)10-28)17-23-16(22)15(24-25-17)12-5-4-6-13(20)14(12)21/h4-6,11,28H,7-10H2,1-3H3,(H2,22,23,25). The van der Waals surface area contributed by atoms with E-state index in [2.05, 4.69) is 15.2 Å². The van der Waals surface area contributed by atoms with Crippen molar-refractivity contribution in [2.24, 2.45) is 0 Å². The van der Waals surface area contributed by atoms with Crippen LogP contribution >= 0.6 is 23.2 Å². The zero-order chi connectivity index (χ0) is 22.1. The largest absolute Gasteiger partial charge is 0.444 e. The molecule has 1 fully saturated rings. The molecule has 2 heterocycles. The van der Waals surface area contributed by atoms with E-state index in [1.807, 2.05) is 0 Å². The van der Waals surface area contributed by atoms with Crippen LogP contribution < -0.4 is 10.6 Å². The van der Waals surface area contributed by atoms with E-state index in [1.54, 1.807) is 48.8 Å². The molecule has 1 aromatic carbocycles. The summed E-state index contributed by atoms with van der Waals surface area (Å²) in [5, 5.41) is 18.9. The van der Waals surface area contributed by atoms with Crippen molar-refractivity contribution in [3.63, 3.8) is 0 Å². The molecule has 0 spiro atoms. The van der Waals surface area contributed by atoms with Crippen molar-refractivity contribution < 1.29 is 14.6 Å². The number of nitrogen functional groups attached to an aromatic ring is 1. The van der Waals surface area contributed by atoms with Gasteiger partial charge in [0, 0.05) is 25.2 Å². The summed E-state index contributed by atoms with van der Waals surface area (Å²) >= 11 is 12.3. The average Bonchev–Trinajstić information content (AvgIpc) is 2.68. The van der Waals surface area contributed by atoms with Gasteiger partial charge in [-0.15, -0.1) is 10.2 Å². The average molecular weight is 455 g/mol. The summed E-state index contributed by atoms with van der Waals surface area (Å²) in [6.07, 6.45) is -0.426. The Morgan fingerprint density at radius 1 is 1.30 bits per heavy atom. The van der Waals surface area contributed by atoms with Gasteiger partial charge in [0.05, 0.1) is 22.7 Å². The Balaban J connectivity index is 1.80. The van der Waals surface area contributed by atoms with E-state index < -0.39 is 17.7 Å². The maximum Gasteiger partial charge on any atom is 0.410 e. The van der Waals surface area contributed by atoms with Crippen molar-refractivity contribution in [2.75, 3.05) is 36.9 Å². The maximum atomic E-state index is 12.4. The minimum atomic E-state index is -0.595. The van der Waals surface area contributed by atoms with Gasteiger partial charge in [0.25, 0.3) is 0 Å². The molecule has 3 rings (SSSR count). The first kappa shape index (κ1) is 22.3. The molecule has 1 aliphatic rings. The van der Waals surface area contributed by atoms with Crippen LogP contribution in [0.2, 0.25) is 10.0 Å². The van der Waals surface area contributed by atoms with Crippen molar-refractivity contribution in [1.82, 2.24) is 20.1 Å². The quantitative estimate of drug-likeness (QED) is 0.726. The SMILES string of the molecule is CC(C)(C)OC(=O)N1CCN(c2nnc(-c3cccc(Cl)c3Cl)c(N)n2)C(CO)C1. The summed E-state index contributed by atoms with van der Waals surface area (Å²) in [6.45, 7) is 6.25. The number of carbonyl (C=O) groups excluding carboxylic acids is 1. The van der Waals surface area contributed by atoms with Crippen LogP contribution in [0.4, 0.5) is 16.6 Å². The van der Waals surface area contributed by atoms with Crippen molar-refractivity contribution >= 4 is 41.1 Å². The number of aliphatic hydroxyl groups excluding tert-OH is 1. The molecule has 1 amide bonds. The van der Waals surface area contributed by atoms with Crippen LogP contribution in [0.15, 0.2) is 18.2 Å². The van der Waals surface area contributed by atoms with E-state index in [1.165, 1.54) is 0 Å². The molecule has 30 heavy (non-hydrogen) atoms. The number of aliphatic hydroxyl groups is 1. The van der Waals surface area contributed by atoms with Crippen LogP contribution in [0.3, 0.4) is 0 Å². The number of benzene rings is 1. The van der Waals surface area contributed by atoms with Gasteiger partial charge in [-0.3, -0.25) is 0 Å². The van der Waals surface area contributed by atoms with Crippen LogP contribution in [-0.2, 0) is 4.74 Å². The van der Waals surface area contributed by atoms with E-state index in [0.29, 0.717) is 34.4 Å². The normalized spacial score (nSPS) is 17.2. The number of nitrogens with zero attached hydrogens (tertiary/aromatic N) is 5. The molecule has 2 aromatic rings. The van der Waals surface area contributed by atoms with E-state index >= 15 is 0 Å². The predicted molar refractivity (Wildman–Crippen MR) is 116 cm³/mol. The van der Waals surface area contributed by atoms with Crippen LogP contribution in [-0.4, -0.2) is 69.2 Å². The van der Waals surface area contributed by atoms with Gasteiger partial charge in [0.1, 0.15) is 11.3 Å². The molecule has 0 saturated carbocycles. The minimum Gasteiger partial charge on any atom is -0.444 e. The first-order valence-electron chi connectivity index (χ1n) is 9.40. The zero-order valence-corrected chi connectivity index (χ0v) is 18.5. The van der Waals surface area contributed by atoms with Gasteiger partial charge in [-0.05, 0) is 26.8 Å². The second kappa shape index (κ2) is 8.79. The Bertz CT molecular complexity index is 937. The molecular formula is C19H24Cl2N6O3. The molecule has 11 heteroatoms. The predicted octanol–water partition coefficient (Wildman–Crippen LogP) is 2.85. The van der Waals surface area contributed by atoms with E-state index in [9.17, 15) is 9.90 Å². The number of halogens is 2. The molecule has 1 aromatic heterocycles. The summed E-state index contributed by atoms with van der Waals surface area (Å²) in [6, 6.07) is 4.70. The molecule has 9 nitrogen and oxygen atoms in total. The van der Waals surface area contributed by atoms with E-state index in [0.717, 1.165) is 0 Å². The second-order valence-electron chi connectivity index (χ2n) is 7.90. The molecule has 1 atom stereocenters. The topological polar surface area (TPSA) is 118 Å². The monoisotopic (exact) mass is 454 g/mol. The molecule has 0 radical (unpaired) electrons. The molecule has 162 valence electrons. The Morgan fingerprint density at radius 3 is 2.67 bits per heavy atom. The first-order valence-corrected chi connectivity index (χ1v) is 10.2. The van der Waals surface area contributed by atoms with Crippen LogP contribution in [0.5, 0.6) is 0 Å². The Kier molecular flexibility index (Phi) is 6.54. The lowest BCUT2D eigenvalue weighted by Gasteiger charge is -2.40. The number of amides is 1. The fourth-order valence-electron chi connectivity index (χ4n) is 3.10. The smallest absolute Gasteiger partial charge is 0.410 e. The highest BCUT2D eigenvalue weighted by molar-refractivity contribution is 6.43. The first-order chi connectivity index (χ1) is 14.1. The number of nitrogens with two attached hydrogens (primary N) is 1. The summed E-state index contributed by atoms with van der Waals surface area (Å²) in [5.41, 5.74) is 6.37. The lowest BCUT2D eigenvalue weighted by molar-refractivity contribution is 0.0196. The third-order valence-corrected chi connectivity index (χ3v) is 5.33. The molecule has 0 bridgehead atoms. The third kappa shape index (κ3) is 4.85. The Hall–Kier alpha value is -2.36. The van der Waals surface area contributed by atoms with Crippen molar-refractivity contribution in [2.45, 2.75) is 32.4 Å². The molecule has 1 saturated heterocycles. The highest BCUT2D eigenvalue weighted by Gasteiger charge is 2.33. The Labute approximate surface area is 184 Å². The molecule has 0 aliphatic carbocycles. The van der Waals surface area contributed by atoms with Gasteiger partial charge in [0.15, 0.2) is 5.82 Å². The number of rotatable bonds is 3. The number of hydrogen-bond donors (Lipinski definition) is 2. The van der Waals surface area contributed by atoms with Gasteiger partial charge >= 0.3 is 6.09 Å². The zero-order valence-electron chi connectivity index (χ0n) is 17.0. The Morgan fingerprint density at radius 2 is 2.03 bits per heavy atom. The van der Waals surface area contributed by atoms with Crippen LogP contribution in [0.1, 0.15) is 20.8 Å². The summed E-state index contributed by atoms with van der Waals surface area (Å²) in [5.74, 6) is 0.396. The molecule has 1 aliphatic heterocycles. The number of piperazine rings is 1. The van der Waals surface area contributed by atoms with E-state index in [-0.39, 0.29) is 24.9 Å². The number of hydrogen-bond acceptors (Lipinski definition) is 8. The van der Waals surface area contributed by atoms with Crippen molar-refractivity contribution in [1.29, 1.82) is 0 Å². The van der Waals surface area contributed by atoms with E-state index in [4.69, 9.17) is 33.7 Å². The highest BCUT2D eigenvalue weighted by atomic mass is 35.5. The fraction of sp³-hybridized carbons (Fsp3) is 0.474. The van der Waals surface area contributed by atoms with Gasteiger partial charge < -0.3 is 25.4 Å². The number of ether oxygens (including phenoxy) is 1. The van der Waals surface area contributed by atoms with Gasteiger partial charge in [-0.2, -0.15) is 4.98 Å². The molecule has 1 unspecified atom stereocenters. The summed E-state index contributed by atoms with van der Waals surface area (Å²) in [7, 11) is 0. The second-order valence-corrected chi connectivity index (χ2v) is 8.69. The van der Waals surface area contributed by atoms with Gasteiger partial charge in [0.2, 0.25) is 5.95 Å². The van der Waals surface area contributed by atoms with Crippen molar-refractivity contribution in [3.8, 4) is 11.3 Å². The van der Waals surface area contributed by atoms with Crippen LogP contribution in [0.25, 0.3) is 11.3 Å². The number of anilines is 2. The minimum absolute atomic E-state index is 0.135. The maximum absolute atomic E-state index is 12.4. The highest BCUT2D eigenvalue weighted by Crippen LogP contribution is 2.34. The fourth-order valence-corrected chi connectivity index (χ4v) is 3.49. The lowest BCUT2D eigenvalue weighted by Crippen LogP contribution is -2.57. The van der Waals surface area contributed by atoms with Gasteiger partial charge in [-0.1, -0.05) is 35.3 Å². The number of aromatic nitrogens is 3. The van der Waals surface area contributed by atoms with Crippen LogP contribution in [0, 0.1) is 0 Å². The lowest BCUT2D eigenvalue weighted by atomic mass is 10.1. The third-order valence-electron chi connectivity index (χ3n) is 4.51. The number of carbonyl (C=O) groups is 1. The molecular weight excluding hydrogens is 431 g/mol. The van der Waals surface area contributed by atoms with Crippen molar-refractivity contribution in [3.05, 3.63) is 28.2 Å². The van der Waals surface area contributed by atoms with Gasteiger partial charge in [-0.25, -0.2) is 4.79 Å². The summed E-state index contributed by atoms with van der Waals surface area (Å²) < 4.78 is 5.42. The summed E-state index contributed by atoms with van der Waals surface area (Å²) in [4.78, 5) is 20.0. The molecule has 3 N–H and O–H groups in total.